The first-order valence-corrected chi connectivity index (χ1v) is 13.3. The third-order valence-electron chi connectivity index (χ3n) is 6.19. The zero-order chi connectivity index (χ0) is 22.1. The van der Waals surface area contributed by atoms with Crippen LogP contribution in [0.1, 0.15) is 49.3 Å². The number of benzene rings is 2. The van der Waals surface area contributed by atoms with Gasteiger partial charge in [0.1, 0.15) is 4.83 Å². The van der Waals surface area contributed by atoms with Crippen molar-refractivity contribution < 1.29 is 0 Å². The van der Waals surface area contributed by atoms with Gasteiger partial charge in [-0.15, -0.1) is 11.3 Å². The second-order valence-corrected chi connectivity index (χ2v) is 10.6. The number of fused-ring (bicyclic) bond motifs is 5. The van der Waals surface area contributed by atoms with Gasteiger partial charge in [-0.25, -0.2) is 4.98 Å². The van der Waals surface area contributed by atoms with E-state index in [4.69, 9.17) is 4.98 Å². The van der Waals surface area contributed by atoms with Crippen molar-refractivity contribution >= 4 is 33.3 Å². The van der Waals surface area contributed by atoms with Gasteiger partial charge in [0.25, 0.3) is 5.56 Å². The summed E-state index contributed by atoms with van der Waals surface area (Å²) in [6.07, 6.45) is 6.74. The lowest BCUT2D eigenvalue weighted by atomic mass is 9.90. The zero-order valence-corrected chi connectivity index (χ0v) is 20.3. The standard InChI is InChI=1S/C27H28N2OS2/c1-3-4-5-8-16-31-27-28-25-23(26(30)29(27)20-12-9-10-18(2)17-20)22-15-14-19-11-6-7-13-21(19)24(22)32-25/h6-7,9-13,17H,3-5,8,14-16H2,1-2H3. The van der Waals surface area contributed by atoms with Gasteiger partial charge in [-0.1, -0.05) is 74.3 Å². The van der Waals surface area contributed by atoms with E-state index in [2.05, 4.69) is 50.2 Å². The number of aryl methyl sites for hydroxylation is 3. The number of hydrogen-bond acceptors (Lipinski definition) is 4. The molecule has 5 rings (SSSR count). The summed E-state index contributed by atoms with van der Waals surface area (Å²) in [6.45, 7) is 4.30. The van der Waals surface area contributed by atoms with Gasteiger partial charge in [0, 0.05) is 10.6 Å². The van der Waals surface area contributed by atoms with Crippen molar-refractivity contribution in [2.24, 2.45) is 0 Å². The molecule has 0 saturated heterocycles. The molecule has 0 unspecified atom stereocenters. The van der Waals surface area contributed by atoms with Gasteiger partial charge in [-0.05, 0) is 60.6 Å². The Morgan fingerprint density at radius 1 is 1.06 bits per heavy atom. The van der Waals surface area contributed by atoms with E-state index in [-0.39, 0.29) is 5.56 Å². The van der Waals surface area contributed by atoms with Gasteiger partial charge in [0.2, 0.25) is 0 Å². The second kappa shape index (κ2) is 9.24. The maximum atomic E-state index is 14.0. The lowest BCUT2D eigenvalue weighted by Gasteiger charge is -2.16. The number of rotatable bonds is 7. The molecule has 164 valence electrons. The summed E-state index contributed by atoms with van der Waals surface area (Å²) in [6, 6.07) is 16.8. The maximum absolute atomic E-state index is 14.0. The summed E-state index contributed by atoms with van der Waals surface area (Å²) in [5.41, 5.74) is 5.96. The molecule has 2 heterocycles. The highest BCUT2D eigenvalue weighted by Gasteiger charge is 2.25. The van der Waals surface area contributed by atoms with Crippen LogP contribution in [-0.2, 0) is 12.8 Å². The van der Waals surface area contributed by atoms with Crippen molar-refractivity contribution in [3.63, 3.8) is 0 Å². The molecular weight excluding hydrogens is 432 g/mol. The lowest BCUT2D eigenvalue weighted by molar-refractivity contribution is 0.705. The predicted molar refractivity (Wildman–Crippen MR) is 138 cm³/mol. The number of aromatic nitrogens is 2. The van der Waals surface area contributed by atoms with Crippen LogP contribution in [0.25, 0.3) is 26.3 Å². The van der Waals surface area contributed by atoms with Crippen molar-refractivity contribution in [3.8, 4) is 16.1 Å². The minimum atomic E-state index is 0.0774. The topological polar surface area (TPSA) is 34.9 Å². The lowest BCUT2D eigenvalue weighted by Crippen LogP contribution is -2.22. The number of unbranched alkanes of at least 4 members (excludes halogenated alkanes) is 3. The molecule has 0 spiro atoms. The summed E-state index contributed by atoms with van der Waals surface area (Å²) in [5.74, 6) is 0.984. The largest absolute Gasteiger partial charge is 0.268 e. The average molecular weight is 461 g/mol. The van der Waals surface area contributed by atoms with E-state index in [1.165, 1.54) is 40.8 Å². The fourth-order valence-corrected chi connectivity index (χ4v) is 6.88. The van der Waals surface area contributed by atoms with Gasteiger partial charge >= 0.3 is 0 Å². The van der Waals surface area contributed by atoms with Gasteiger partial charge < -0.3 is 0 Å². The van der Waals surface area contributed by atoms with E-state index in [0.717, 1.165) is 51.6 Å². The van der Waals surface area contributed by atoms with E-state index < -0.39 is 0 Å². The average Bonchev–Trinajstić information content (AvgIpc) is 3.18. The van der Waals surface area contributed by atoms with E-state index in [0.29, 0.717) is 0 Å². The van der Waals surface area contributed by atoms with Crippen molar-refractivity contribution in [2.45, 2.75) is 57.5 Å². The molecule has 0 saturated carbocycles. The predicted octanol–water partition coefficient (Wildman–Crippen LogP) is 7.19. The SMILES string of the molecule is CCCCCCSc1nc2sc3c(c2c(=O)n1-c1cccc(C)c1)CCc1ccccc1-3. The number of nitrogens with zero attached hydrogens (tertiary/aromatic N) is 2. The summed E-state index contributed by atoms with van der Waals surface area (Å²) in [5, 5.41) is 1.63. The van der Waals surface area contributed by atoms with E-state index in [1.807, 2.05) is 16.7 Å². The van der Waals surface area contributed by atoms with Crippen LogP contribution < -0.4 is 5.56 Å². The molecule has 0 aliphatic heterocycles. The van der Waals surface area contributed by atoms with Crippen LogP contribution >= 0.6 is 23.1 Å². The van der Waals surface area contributed by atoms with Crippen LogP contribution in [0.3, 0.4) is 0 Å². The minimum Gasteiger partial charge on any atom is -0.268 e. The van der Waals surface area contributed by atoms with Crippen molar-refractivity contribution in [1.82, 2.24) is 9.55 Å². The number of thioether (sulfide) groups is 1. The third kappa shape index (κ3) is 3.93. The van der Waals surface area contributed by atoms with Crippen molar-refractivity contribution in [2.75, 3.05) is 5.75 Å². The maximum Gasteiger partial charge on any atom is 0.267 e. The van der Waals surface area contributed by atoms with E-state index >= 15 is 0 Å². The molecule has 0 bridgehead atoms. The quantitative estimate of drug-likeness (QED) is 0.166. The van der Waals surface area contributed by atoms with Crippen LogP contribution in [0.4, 0.5) is 0 Å². The van der Waals surface area contributed by atoms with Crippen LogP contribution in [0.5, 0.6) is 0 Å². The normalized spacial score (nSPS) is 12.7. The molecule has 0 N–H and O–H groups in total. The number of hydrogen-bond donors (Lipinski definition) is 0. The Morgan fingerprint density at radius 2 is 1.94 bits per heavy atom. The summed E-state index contributed by atoms with van der Waals surface area (Å²) in [7, 11) is 0. The molecule has 1 aliphatic carbocycles. The van der Waals surface area contributed by atoms with E-state index in [9.17, 15) is 4.79 Å². The fraction of sp³-hybridized carbons (Fsp3) is 0.333. The zero-order valence-electron chi connectivity index (χ0n) is 18.7. The molecule has 0 amide bonds. The van der Waals surface area contributed by atoms with Gasteiger partial charge in [-0.2, -0.15) is 0 Å². The Morgan fingerprint density at radius 3 is 2.78 bits per heavy atom. The molecule has 2 aromatic carbocycles. The first-order chi connectivity index (χ1) is 15.7. The molecule has 0 atom stereocenters. The van der Waals surface area contributed by atoms with Crippen molar-refractivity contribution in [1.29, 1.82) is 0 Å². The highest BCUT2D eigenvalue weighted by atomic mass is 32.2. The highest BCUT2D eigenvalue weighted by molar-refractivity contribution is 7.99. The molecule has 3 nitrogen and oxygen atoms in total. The molecule has 5 heteroatoms. The molecule has 1 aliphatic rings. The molecular formula is C27H28N2OS2. The molecule has 32 heavy (non-hydrogen) atoms. The summed E-state index contributed by atoms with van der Waals surface area (Å²) in [4.78, 5) is 21.2. The first kappa shape index (κ1) is 21.5. The Bertz CT molecular complexity index is 1340. The van der Waals surface area contributed by atoms with Crippen molar-refractivity contribution in [3.05, 3.63) is 75.6 Å². The molecule has 0 fully saturated rings. The third-order valence-corrected chi connectivity index (χ3v) is 8.37. The Kier molecular flexibility index (Phi) is 6.20. The van der Waals surface area contributed by atoms with E-state index in [1.54, 1.807) is 23.1 Å². The highest BCUT2D eigenvalue weighted by Crippen LogP contribution is 2.42. The van der Waals surface area contributed by atoms with Crippen LogP contribution in [0, 0.1) is 6.92 Å². The van der Waals surface area contributed by atoms with Crippen LogP contribution in [0.15, 0.2) is 58.5 Å². The first-order valence-electron chi connectivity index (χ1n) is 11.5. The molecule has 0 radical (unpaired) electrons. The van der Waals surface area contributed by atoms with Gasteiger partial charge in [0.05, 0.1) is 11.1 Å². The molecule has 2 aromatic heterocycles. The minimum absolute atomic E-state index is 0.0774. The Hall–Kier alpha value is -2.37. The number of thiophene rings is 1. The Balaban J connectivity index is 1.66. The summed E-state index contributed by atoms with van der Waals surface area (Å²) >= 11 is 3.40. The van der Waals surface area contributed by atoms with Gasteiger partial charge in [0.15, 0.2) is 5.16 Å². The monoisotopic (exact) mass is 460 g/mol. The molecule has 4 aromatic rings. The van der Waals surface area contributed by atoms with Crippen LogP contribution in [0.2, 0.25) is 0 Å². The van der Waals surface area contributed by atoms with Crippen LogP contribution in [-0.4, -0.2) is 15.3 Å². The fourth-order valence-electron chi connectivity index (χ4n) is 4.55. The summed E-state index contributed by atoms with van der Waals surface area (Å²) < 4.78 is 1.85. The Labute approximate surface area is 197 Å². The second-order valence-electron chi connectivity index (χ2n) is 8.53. The smallest absolute Gasteiger partial charge is 0.267 e. The van der Waals surface area contributed by atoms with Gasteiger partial charge in [-0.3, -0.25) is 9.36 Å².